The number of nitrogens with zero attached hydrogens (tertiary/aromatic N) is 4. The summed E-state index contributed by atoms with van der Waals surface area (Å²) < 4.78 is 2.12. The molecule has 0 spiro atoms. The van der Waals surface area contributed by atoms with E-state index in [1.54, 1.807) is 6.20 Å². The average molecular weight is 443 g/mol. The molecule has 4 nitrogen and oxygen atoms in total. The Balaban J connectivity index is 1.73. The van der Waals surface area contributed by atoms with Crippen LogP contribution >= 0.6 is 0 Å². The maximum atomic E-state index is 4.61. The highest BCUT2D eigenvalue weighted by atomic mass is 15.3. The molecule has 0 fully saturated rings. The second kappa shape index (κ2) is 9.67. The standard InChI is InChI=1S/C30H26N4/c1-2-24-18-20-28(21-19-24)32-33-29-31-22-23-34(29)30(25-12-6-3-7-13-25,26-14-8-4-9-15-26)27-16-10-5-11-17-27/h3-23H,2H2,1H3. The van der Waals surface area contributed by atoms with Gasteiger partial charge in [0.25, 0.3) is 5.95 Å². The lowest BCUT2D eigenvalue weighted by Crippen LogP contribution is -2.37. The summed E-state index contributed by atoms with van der Waals surface area (Å²) in [5, 5.41) is 9.13. The van der Waals surface area contributed by atoms with E-state index in [0.717, 1.165) is 28.8 Å². The first kappa shape index (κ1) is 21.5. The van der Waals surface area contributed by atoms with Gasteiger partial charge >= 0.3 is 0 Å². The Kier molecular flexibility index (Phi) is 6.13. The number of hydrogen-bond acceptors (Lipinski definition) is 3. The lowest BCUT2D eigenvalue weighted by Gasteiger charge is -2.37. The molecule has 0 atom stereocenters. The Hall–Kier alpha value is -4.31. The van der Waals surface area contributed by atoms with Crippen molar-refractivity contribution in [2.24, 2.45) is 10.2 Å². The molecule has 0 unspecified atom stereocenters. The van der Waals surface area contributed by atoms with E-state index in [0.29, 0.717) is 5.95 Å². The molecule has 0 saturated heterocycles. The molecule has 1 aromatic heterocycles. The third-order valence-electron chi connectivity index (χ3n) is 6.16. The van der Waals surface area contributed by atoms with Crippen LogP contribution in [0.5, 0.6) is 0 Å². The fourth-order valence-corrected chi connectivity index (χ4v) is 4.49. The maximum absolute atomic E-state index is 4.61. The highest BCUT2D eigenvalue weighted by Gasteiger charge is 2.39. The Bertz CT molecular complexity index is 1260. The number of imidazole rings is 1. The van der Waals surface area contributed by atoms with Crippen molar-refractivity contribution >= 4 is 11.6 Å². The molecule has 34 heavy (non-hydrogen) atoms. The molecule has 0 bridgehead atoms. The zero-order valence-corrected chi connectivity index (χ0v) is 19.1. The van der Waals surface area contributed by atoms with E-state index in [9.17, 15) is 0 Å². The molecule has 0 N–H and O–H groups in total. The molecular weight excluding hydrogens is 416 g/mol. The number of rotatable bonds is 7. The van der Waals surface area contributed by atoms with Gasteiger partial charge in [-0.1, -0.05) is 110 Å². The zero-order valence-electron chi connectivity index (χ0n) is 19.1. The van der Waals surface area contributed by atoms with Gasteiger partial charge in [-0.25, -0.2) is 4.98 Å². The summed E-state index contributed by atoms with van der Waals surface area (Å²) in [7, 11) is 0. The van der Waals surface area contributed by atoms with Gasteiger partial charge in [0, 0.05) is 12.4 Å². The molecule has 0 aliphatic carbocycles. The van der Waals surface area contributed by atoms with Gasteiger partial charge in [0.15, 0.2) is 0 Å². The molecule has 0 radical (unpaired) electrons. The Labute approximate surface area is 200 Å². The van der Waals surface area contributed by atoms with Gasteiger partial charge in [-0.3, -0.25) is 4.57 Å². The highest BCUT2D eigenvalue weighted by Crippen LogP contribution is 2.42. The van der Waals surface area contributed by atoms with Crippen molar-refractivity contribution in [3.05, 3.63) is 150 Å². The second-order valence-corrected chi connectivity index (χ2v) is 8.13. The molecule has 0 amide bonds. The van der Waals surface area contributed by atoms with Crippen LogP contribution in [0.1, 0.15) is 29.2 Å². The lowest BCUT2D eigenvalue weighted by molar-refractivity contribution is 0.517. The minimum atomic E-state index is -0.666. The topological polar surface area (TPSA) is 42.5 Å². The molecule has 166 valence electrons. The summed E-state index contributed by atoms with van der Waals surface area (Å²) in [4.78, 5) is 4.61. The van der Waals surface area contributed by atoms with Crippen LogP contribution in [0.25, 0.3) is 0 Å². The lowest BCUT2D eigenvalue weighted by atomic mass is 9.76. The van der Waals surface area contributed by atoms with E-state index < -0.39 is 5.54 Å². The molecule has 1 heterocycles. The molecule has 0 saturated carbocycles. The third kappa shape index (κ3) is 3.95. The van der Waals surface area contributed by atoms with E-state index in [4.69, 9.17) is 0 Å². The average Bonchev–Trinajstić information content (AvgIpc) is 3.39. The minimum absolute atomic E-state index is 0.538. The van der Waals surface area contributed by atoms with Crippen molar-refractivity contribution in [3.63, 3.8) is 0 Å². The molecule has 4 heteroatoms. The van der Waals surface area contributed by atoms with Crippen LogP contribution in [0.3, 0.4) is 0 Å². The summed E-state index contributed by atoms with van der Waals surface area (Å²) in [5.41, 5.74) is 4.77. The van der Waals surface area contributed by atoms with E-state index in [-0.39, 0.29) is 0 Å². The van der Waals surface area contributed by atoms with Crippen LogP contribution in [0.2, 0.25) is 0 Å². The zero-order chi connectivity index (χ0) is 23.2. The monoisotopic (exact) mass is 442 g/mol. The molecule has 0 aliphatic rings. The van der Waals surface area contributed by atoms with Crippen molar-refractivity contribution < 1.29 is 0 Å². The second-order valence-electron chi connectivity index (χ2n) is 8.13. The SMILES string of the molecule is CCc1ccc(N=Nc2nccn2C(c2ccccc2)(c2ccccc2)c2ccccc2)cc1. The molecule has 0 aliphatic heterocycles. The summed E-state index contributed by atoms with van der Waals surface area (Å²) >= 11 is 0. The number of benzene rings is 4. The summed E-state index contributed by atoms with van der Waals surface area (Å²) in [5.74, 6) is 0.538. The third-order valence-corrected chi connectivity index (χ3v) is 6.16. The Morgan fingerprint density at radius 3 is 1.62 bits per heavy atom. The number of azo groups is 1. The molecule has 4 aromatic carbocycles. The van der Waals surface area contributed by atoms with Crippen molar-refractivity contribution in [1.29, 1.82) is 0 Å². The van der Waals surface area contributed by atoms with Gasteiger partial charge in [-0.2, -0.15) is 0 Å². The highest BCUT2D eigenvalue weighted by molar-refractivity contribution is 5.52. The molecule has 5 aromatic rings. The van der Waals surface area contributed by atoms with Crippen molar-refractivity contribution in [3.8, 4) is 0 Å². The van der Waals surface area contributed by atoms with Gasteiger partial charge in [-0.05, 0) is 40.8 Å². The van der Waals surface area contributed by atoms with Gasteiger partial charge in [0.1, 0.15) is 5.54 Å². The minimum Gasteiger partial charge on any atom is -0.296 e. The first-order chi connectivity index (χ1) is 16.8. The van der Waals surface area contributed by atoms with E-state index >= 15 is 0 Å². The number of aryl methyl sites for hydroxylation is 1. The molecular formula is C30H26N4. The van der Waals surface area contributed by atoms with Crippen LogP contribution in [-0.4, -0.2) is 9.55 Å². The first-order valence-electron chi connectivity index (χ1n) is 11.5. The van der Waals surface area contributed by atoms with Gasteiger partial charge in [0.05, 0.1) is 5.69 Å². The Morgan fingerprint density at radius 2 is 1.15 bits per heavy atom. The van der Waals surface area contributed by atoms with Gasteiger partial charge in [-0.15, -0.1) is 10.2 Å². The molecule has 5 rings (SSSR count). The van der Waals surface area contributed by atoms with Crippen LogP contribution in [-0.2, 0) is 12.0 Å². The predicted octanol–water partition coefficient (Wildman–Crippen LogP) is 7.70. The van der Waals surface area contributed by atoms with Crippen molar-refractivity contribution in [2.75, 3.05) is 0 Å². The normalized spacial score (nSPS) is 11.7. The van der Waals surface area contributed by atoms with Crippen molar-refractivity contribution in [1.82, 2.24) is 9.55 Å². The number of hydrogen-bond donors (Lipinski definition) is 0. The number of aromatic nitrogens is 2. The van der Waals surface area contributed by atoms with E-state index in [2.05, 4.69) is 112 Å². The van der Waals surface area contributed by atoms with Crippen LogP contribution in [0.4, 0.5) is 11.6 Å². The van der Waals surface area contributed by atoms with Crippen LogP contribution in [0, 0.1) is 0 Å². The summed E-state index contributed by atoms with van der Waals surface area (Å²) in [6.45, 7) is 2.14. The summed E-state index contributed by atoms with van der Waals surface area (Å²) in [6.07, 6.45) is 4.77. The summed E-state index contributed by atoms with van der Waals surface area (Å²) in [6, 6.07) is 39.7. The van der Waals surface area contributed by atoms with E-state index in [1.807, 2.05) is 36.5 Å². The van der Waals surface area contributed by atoms with E-state index in [1.165, 1.54) is 5.56 Å². The van der Waals surface area contributed by atoms with Crippen LogP contribution in [0.15, 0.2) is 138 Å². The van der Waals surface area contributed by atoms with Gasteiger partial charge in [0.2, 0.25) is 0 Å². The fourth-order valence-electron chi connectivity index (χ4n) is 4.49. The van der Waals surface area contributed by atoms with Crippen molar-refractivity contribution in [2.45, 2.75) is 18.9 Å². The quantitative estimate of drug-likeness (QED) is 0.188. The maximum Gasteiger partial charge on any atom is 0.250 e. The Morgan fingerprint density at radius 1 is 0.647 bits per heavy atom. The predicted molar refractivity (Wildman–Crippen MR) is 137 cm³/mol. The van der Waals surface area contributed by atoms with Gasteiger partial charge < -0.3 is 0 Å². The largest absolute Gasteiger partial charge is 0.296 e. The fraction of sp³-hybridized carbons (Fsp3) is 0.100. The van der Waals surface area contributed by atoms with Crippen LogP contribution < -0.4 is 0 Å². The first-order valence-corrected chi connectivity index (χ1v) is 11.5. The smallest absolute Gasteiger partial charge is 0.250 e.